The minimum absolute atomic E-state index is 0.405. The van der Waals surface area contributed by atoms with Crippen LogP contribution in [0.25, 0.3) is 6.08 Å². The number of carboxylic acids is 1. The molecule has 0 radical (unpaired) electrons. The third-order valence-electron chi connectivity index (χ3n) is 4.50. The number of carboxylic acid groups (broad SMARTS) is 1. The summed E-state index contributed by atoms with van der Waals surface area (Å²) in [4.78, 5) is 23.8. The maximum Gasteiger partial charge on any atom is 0.419 e. The van der Waals surface area contributed by atoms with E-state index in [9.17, 15) is 32.3 Å². The van der Waals surface area contributed by atoms with Gasteiger partial charge in [-0.25, -0.2) is 9.18 Å². The molecule has 1 amide bonds. The van der Waals surface area contributed by atoms with Crippen molar-refractivity contribution >= 4 is 33.9 Å². The highest BCUT2D eigenvalue weighted by Gasteiger charge is 2.35. The third kappa shape index (κ3) is 6.44. The molecule has 2 N–H and O–H groups in total. The van der Waals surface area contributed by atoms with Gasteiger partial charge in [-0.2, -0.15) is 13.2 Å². The number of para-hydroxylation sites is 1. The molecular formula is C24H16BrF4NO4. The molecule has 0 heterocycles. The van der Waals surface area contributed by atoms with Crippen molar-refractivity contribution in [2.24, 2.45) is 0 Å². The predicted octanol–water partition coefficient (Wildman–Crippen LogP) is 6.18. The highest BCUT2D eigenvalue weighted by Crippen LogP contribution is 2.32. The summed E-state index contributed by atoms with van der Waals surface area (Å²) in [5.74, 6) is -2.99. The number of carbonyl (C=O) groups is 2. The van der Waals surface area contributed by atoms with Gasteiger partial charge in [-0.3, -0.25) is 4.79 Å². The van der Waals surface area contributed by atoms with Crippen LogP contribution < -0.4 is 10.1 Å². The molecule has 34 heavy (non-hydrogen) atoms. The van der Waals surface area contributed by atoms with Crippen molar-refractivity contribution in [3.8, 4) is 11.5 Å². The van der Waals surface area contributed by atoms with Crippen molar-refractivity contribution in [3.63, 3.8) is 0 Å². The van der Waals surface area contributed by atoms with Crippen LogP contribution in [-0.2, 0) is 22.2 Å². The zero-order valence-corrected chi connectivity index (χ0v) is 18.8. The predicted molar refractivity (Wildman–Crippen MR) is 120 cm³/mol. The quantitative estimate of drug-likeness (QED) is 0.278. The first-order chi connectivity index (χ1) is 16.0. The van der Waals surface area contributed by atoms with Gasteiger partial charge in [-0.1, -0.05) is 36.4 Å². The number of carbonyl (C=O) groups excluding carboxylic acids is 1. The average Bonchev–Trinajstić information content (AvgIpc) is 2.76. The number of nitrogens with one attached hydrogen (secondary N) is 1. The van der Waals surface area contributed by atoms with Crippen LogP contribution in [0.5, 0.6) is 11.5 Å². The summed E-state index contributed by atoms with van der Waals surface area (Å²) in [7, 11) is 0. The molecule has 3 rings (SSSR count). The van der Waals surface area contributed by atoms with E-state index in [0.29, 0.717) is 23.1 Å². The van der Waals surface area contributed by atoms with Gasteiger partial charge < -0.3 is 15.2 Å². The Balaban J connectivity index is 1.73. The van der Waals surface area contributed by atoms with Crippen LogP contribution >= 0.6 is 15.9 Å². The molecule has 5 nitrogen and oxygen atoms in total. The summed E-state index contributed by atoms with van der Waals surface area (Å²) in [6.07, 6.45) is -4.54. The molecule has 176 valence electrons. The van der Waals surface area contributed by atoms with Crippen LogP contribution in [0.15, 0.2) is 76.9 Å². The van der Waals surface area contributed by atoms with Gasteiger partial charge in [0.1, 0.15) is 23.0 Å². The number of alkyl halides is 3. The minimum Gasteiger partial charge on any atom is -0.477 e. The van der Waals surface area contributed by atoms with Crippen LogP contribution in [0.3, 0.4) is 0 Å². The Labute approximate surface area is 199 Å². The van der Waals surface area contributed by atoms with E-state index in [4.69, 9.17) is 4.74 Å². The van der Waals surface area contributed by atoms with Gasteiger partial charge in [0, 0.05) is 0 Å². The molecule has 0 atom stereocenters. The lowest BCUT2D eigenvalue weighted by molar-refractivity contribution is -0.140. The Bertz CT molecular complexity index is 1240. The average molecular weight is 538 g/mol. The summed E-state index contributed by atoms with van der Waals surface area (Å²) in [5.41, 5.74) is -2.14. The molecule has 0 aromatic heterocycles. The topological polar surface area (TPSA) is 75.6 Å². The third-order valence-corrected chi connectivity index (χ3v) is 5.15. The molecular weight excluding hydrogens is 522 g/mol. The molecule has 0 bridgehead atoms. The zero-order chi connectivity index (χ0) is 24.9. The number of benzene rings is 3. The van der Waals surface area contributed by atoms with E-state index in [1.807, 2.05) is 6.07 Å². The van der Waals surface area contributed by atoms with Crippen molar-refractivity contribution in [1.82, 2.24) is 5.32 Å². The molecule has 0 spiro atoms. The summed E-state index contributed by atoms with van der Waals surface area (Å²) in [5, 5.41) is 11.5. The number of rotatable bonds is 7. The number of hydrogen-bond acceptors (Lipinski definition) is 3. The van der Waals surface area contributed by atoms with Crippen LogP contribution in [0.1, 0.15) is 16.7 Å². The molecule has 10 heteroatoms. The molecule has 3 aromatic rings. The number of hydrogen-bond donors (Lipinski definition) is 2. The summed E-state index contributed by atoms with van der Waals surface area (Å²) in [6, 6.07) is 16.0. The molecule has 0 fully saturated rings. The number of halogens is 5. The lowest BCUT2D eigenvalue weighted by Gasteiger charge is -2.11. The lowest BCUT2D eigenvalue weighted by atomic mass is 10.1. The number of aliphatic carboxylic acids is 1. The van der Waals surface area contributed by atoms with E-state index in [-0.39, 0.29) is 0 Å². The van der Waals surface area contributed by atoms with E-state index >= 15 is 0 Å². The van der Waals surface area contributed by atoms with E-state index in [1.165, 1.54) is 0 Å². The normalized spacial score (nSPS) is 11.7. The Kier molecular flexibility index (Phi) is 7.72. The van der Waals surface area contributed by atoms with Crippen LogP contribution in [0, 0.1) is 5.82 Å². The van der Waals surface area contributed by atoms with Crippen molar-refractivity contribution in [2.45, 2.75) is 12.6 Å². The monoisotopic (exact) mass is 537 g/mol. The standard InChI is InChI=1S/C24H16BrF4NO4/c25-18-6-1-2-7-20(18)34-16-10-8-14(9-11-16)12-19(23(32)33)30-21(31)13-15-4-3-5-17(22(15)26)24(27,28)29/h1-12H,13H2,(H,30,31)(H,32,33)/b19-12-. The van der Waals surface area contributed by atoms with Gasteiger partial charge in [0.05, 0.1) is 16.5 Å². The summed E-state index contributed by atoms with van der Waals surface area (Å²) >= 11 is 3.36. The van der Waals surface area contributed by atoms with Gasteiger partial charge in [0.15, 0.2) is 0 Å². The van der Waals surface area contributed by atoms with Crippen LogP contribution in [0.4, 0.5) is 17.6 Å². The highest BCUT2D eigenvalue weighted by atomic mass is 79.9. The molecule has 0 aliphatic rings. The fourth-order valence-corrected chi connectivity index (χ4v) is 3.27. The maximum absolute atomic E-state index is 14.1. The largest absolute Gasteiger partial charge is 0.477 e. The second kappa shape index (κ2) is 10.5. The van der Waals surface area contributed by atoms with Crippen molar-refractivity contribution in [1.29, 1.82) is 0 Å². The van der Waals surface area contributed by atoms with Gasteiger partial charge in [-0.05, 0) is 63.5 Å². The van der Waals surface area contributed by atoms with Gasteiger partial charge in [0.25, 0.3) is 0 Å². The molecule has 0 aliphatic heterocycles. The van der Waals surface area contributed by atoms with Crippen molar-refractivity contribution in [3.05, 3.63) is 99.4 Å². The smallest absolute Gasteiger partial charge is 0.419 e. The SMILES string of the molecule is O=C(Cc1cccc(C(F)(F)F)c1F)N/C(=C\c1ccc(Oc2ccccc2Br)cc1)C(=O)O. The first kappa shape index (κ1) is 25.0. The molecule has 0 saturated carbocycles. The van der Waals surface area contributed by atoms with Gasteiger partial charge in [0.2, 0.25) is 5.91 Å². The maximum atomic E-state index is 14.1. The van der Waals surface area contributed by atoms with Crippen LogP contribution in [0.2, 0.25) is 0 Å². The summed E-state index contributed by atoms with van der Waals surface area (Å²) < 4.78 is 59.2. The summed E-state index contributed by atoms with van der Waals surface area (Å²) in [6.45, 7) is 0. The number of amides is 1. The highest BCUT2D eigenvalue weighted by molar-refractivity contribution is 9.10. The second-order valence-corrected chi connectivity index (χ2v) is 7.82. The van der Waals surface area contributed by atoms with E-state index in [1.54, 1.807) is 42.5 Å². The fraction of sp³-hybridized carbons (Fsp3) is 0.0833. The van der Waals surface area contributed by atoms with Gasteiger partial charge >= 0.3 is 12.1 Å². The first-order valence-corrected chi connectivity index (χ1v) is 10.5. The Morgan fingerprint density at radius 3 is 2.29 bits per heavy atom. The zero-order valence-electron chi connectivity index (χ0n) is 17.2. The molecule has 0 saturated heterocycles. The molecule has 0 aliphatic carbocycles. The van der Waals surface area contributed by atoms with E-state index in [2.05, 4.69) is 21.2 Å². The van der Waals surface area contributed by atoms with Gasteiger partial charge in [-0.15, -0.1) is 0 Å². The van der Waals surface area contributed by atoms with Crippen LogP contribution in [-0.4, -0.2) is 17.0 Å². The molecule has 0 unspecified atom stereocenters. The molecule has 3 aromatic carbocycles. The Morgan fingerprint density at radius 2 is 1.68 bits per heavy atom. The van der Waals surface area contributed by atoms with E-state index in [0.717, 1.165) is 22.7 Å². The Morgan fingerprint density at radius 1 is 1.00 bits per heavy atom. The Hall–Kier alpha value is -3.66. The second-order valence-electron chi connectivity index (χ2n) is 6.97. The first-order valence-electron chi connectivity index (χ1n) is 9.66. The van der Waals surface area contributed by atoms with Crippen molar-refractivity contribution < 1.29 is 37.0 Å². The minimum atomic E-state index is -4.92. The number of ether oxygens (including phenoxy) is 1. The van der Waals surface area contributed by atoms with Crippen molar-refractivity contribution in [2.75, 3.05) is 0 Å². The fourth-order valence-electron chi connectivity index (χ4n) is 2.91. The van der Waals surface area contributed by atoms with E-state index < -0.39 is 47.1 Å². The lowest BCUT2D eigenvalue weighted by Crippen LogP contribution is -2.29.